The van der Waals surface area contributed by atoms with Crippen molar-refractivity contribution in [1.82, 2.24) is 10.3 Å². The van der Waals surface area contributed by atoms with Crippen molar-refractivity contribution in [2.45, 2.75) is 13.0 Å². The topological polar surface area (TPSA) is 51.2 Å². The van der Waals surface area contributed by atoms with Crippen molar-refractivity contribution in [3.63, 3.8) is 0 Å². The highest BCUT2D eigenvalue weighted by Crippen LogP contribution is 2.15. The van der Waals surface area contributed by atoms with Crippen LogP contribution < -0.4 is 10.1 Å². The molecule has 0 aliphatic carbocycles. The van der Waals surface area contributed by atoms with E-state index in [2.05, 4.69) is 22.4 Å². The molecule has 0 aliphatic heterocycles. The van der Waals surface area contributed by atoms with Crippen LogP contribution in [0, 0.1) is 0 Å². The molecule has 0 bridgehead atoms. The largest absolute Gasteiger partial charge is 0.493 e. The van der Waals surface area contributed by atoms with Gasteiger partial charge in [0.05, 0.1) is 12.1 Å². The number of benzene rings is 3. The molecule has 1 aromatic heterocycles. The maximum absolute atomic E-state index is 12.5. The highest BCUT2D eigenvalue weighted by Gasteiger charge is 2.07. The van der Waals surface area contributed by atoms with Gasteiger partial charge in [-0.3, -0.25) is 9.78 Å². The van der Waals surface area contributed by atoms with Crippen LogP contribution in [-0.4, -0.2) is 17.5 Å². The van der Waals surface area contributed by atoms with E-state index in [9.17, 15) is 4.79 Å². The number of carbonyl (C=O) groups excluding carboxylic acids is 1. The second-order valence-electron chi connectivity index (χ2n) is 6.83. The van der Waals surface area contributed by atoms with E-state index in [-0.39, 0.29) is 5.91 Å². The summed E-state index contributed by atoms with van der Waals surface area (Å²) in [6.45, 7) is 1.06. The Morgan fingerprint density at radius 3 is 2.62 bits per heavy atom. The fourth-order valence-corrected chi connectivity index (χ4v) is 3.18. The van der Waals surface area contributed by atoms with E-state index in [0.29, 0.717) is 18.7 Å². The number of carbonyl (C=O) groups is 1. The molecule has 0 saturated carbocycles. The Morgan fingerprint density at radius 1 is 0.862 bits per heavy atom. The molecular formula is C25H22N2O2. The van der Waals surface area contributed by atoms with Gasteiger partial charge in [-0.25, -0.2) is 0 Å². The van der Waals surface area contributed by atoms with Gasteiger partial charge in [-0.05, 0) is 47.5 Å². The number of fused-ring (bicyclic) bond motifs is 1. The smallest absolute Gasteiger partial charge is 0.251 e. The highest BCUT2D eigenvalue weighted by atomic mass is 16.5. The first kappa shape index (κ1) is 18.7. The van der Waals surface area contributed by atoms with Crippen molar-refractivity contribution in [3.05, 3.63) is 108 Å². The summed E-state index contributed by atoms with van der Waals surface area (Å²) in [5.41, 5.74) is 3.75. The fraction of sp³-hybridized carbons (Fsp3) is 0.120. The van der Waals surface area contributed by atoms with Crippen molar-refractivity contribution >= 4 is 16.8 Å². The van der Waals surface area contributed by atoms with Gasteiger partial charge in [-0.2, -0.15) is 0 Å². The van der Waals surface area contributed by atoms with E-state index in [1.54, 1.807) is 12.3 Å². The highest BCUT2D eigenvalue weighted by molar-refractivity contribution is 5.97. The molecule has 1 amide bonds. The monoisotopic (exact) mass is 382 g/mol. The van der Waals surface area contributed by atoms with Crippen LogP contribution in [-0.2, 0) is 13.0 Å². The first-order valence-corrected chi connectivity index (χ1v) is 9.66. The third kappa shape index (κ3) is 4.99. The number of ether oxygens (including phenoxy) is 1. The van der Waals surface area contributed by atoms with Crippen molar-refractivity contribution in [2.24, 2.45) is 0 Å². The fourth-order valence-electron chi connectivity index (χ4n) is 3.18. The third-order valence-corrected chi connectivity index (χ3v) is 4.72. The van der Waals surface area contributed by atoms with E-state index < -0.39 is 0 Å². The van der Waals surface area contributed by atoms with E-state index >= 15 is 0 Å². The lowest BCUT2D eigenvalue weighted by Crippen LogP contribution is -2.22. The summed E-state index contributed by atoms with van der Waals surface area (Å²) in [6, 6.07) is 27.4. The lowest BCUT2D eigenvalue weighted by molar-refractivity contribution is 0.0951. The van der Waals surface area contributed by atoms with Crippen LogP contribution >= 0.6 is 0 Å². The molecule has 4 heteroatoms. The molecule has 1 N–H and O–H groups in total. The third-order valence-electron chi connectivity index (χ3n) is 4.72. The summed E-state index contributed by atoms with van der Waals surface area (Å²) in [5, 5.41) is 3.93. The Bertz CT molecular complexity index is 1110. The molecule has 3 aromatic carbocycles. The maximum atomic E-state index is 12.5. The predicted molar refractivity (Wildman–Crippen MR) is 115 cm³/mol. The molecule has 0 spiro atoms. The molecule has 1 heterocycles. The van der Waals surface area contributed by atoms with Crippen LogP contribution in [0.3, 0.4) is 0 Å². The lowest BCUT2D eigenvalue weighted by atomic mass is 10.1. The first-order chi connectivity index (χ1) is 14.3. The van der Waals surface area contributed by atoms with Gasteiger partial charge < -0.3 is 10.1 Å². The Kier molecular flexibility index (Phi) is 5.81. The van der Waals surface area contributed by atoms with Crippen LogP contribution in [0.1, 0.15) is 21.5 Å². The van der Waals surface area contributed by atoms with Gasteiger partial charge in [0.1, 0.15) is 5.75 Å². The zero-order valence-electron chi connectivity index (χ0n) is 16.0. The van der Waals surface area contributed by atoms with Crippen LogP contribution in [0.25, 0.3) is 10.9 Å². The van der Waals surface area contributed by atoms with Gasteiger partial charge in [0.25, 0.3) is 5.91 Å². The lowest BCUT2D eigenvalue weighted by Gasteiger charge is -2.10. The van der Waals surface area contributed by atoms with Crippen LogP contribution in [0.2, 0.25) is 0 Å². The molecule has 4 nitrogen and oxygen atoms in total. The Hall–Kier alpha value is -3.66. The molecule has 0 radical (unpaired) electrons. The van der Waals surface area contributed by atoms with Gasteiger partial charge in [0.2, 0.25) is 0 Å². The number of amides is 1. The second kappa shape index (κ2) is 9.02. The van der Waals surface area contributed by atoms with Gasteiger partial charge in [0.15, 0.2) is 0 Å². The molecule has 144 valence electrons. The number of rotatable bonds is 7. The van der Waals surface area contributed by atoms with Crippen LogP contribution in [0.5, 0.6) is 5.75 Å². The van der Waals surface area contributed by atoms with E-state index in [4.69, 9.17) is 4.74 Å². The second-order valence-corrected chi connectivity index (χ2v) is 6.83. The normalized spacial score (nSPS) is 10.6. The summed E-state index contributed by atoms with van der Waals surface area (Å²) >= 11 is 0. The molecular weight excluding hydrogens is 360 g/mol. The molecule has 0 saturated heterocycles. The quantitative estimate of drug-likeness (QED) is 0.500. The summed E-state index contributed by atoms with van der Waals surface area (Å²) in [4.78, 5) is 16.8. The first-order valence-electron chi connectivity index (χ1n) is 9.66. The minimum Gasteiger partial charge on any atom is -0.493 e. The number of nitrogens with one attached hydrogen (secondary N) is 1. The summed E-state index contributed by atoms with van der Waals surface area (Å²) < 4.78 is 5.87. The predicted octanol–water partition coefficient (Wildman–Crippen LogP) is 4.79. The molecule has 4 aromatic rings. The maximum Gasteiger partial charge on any atom is 0.251 e. The number of aromatic nitrogens is 1. The number of hydrogen-bond acceptors (Lipinski definition) is 3. The van der Waals surface area contributed by atoms with Crippen LogP contribution in [0.4, 0.5) is 0 Å². The molecule has 0 aliphatic rings. The molecule has 0 atom stereocenters. The number of nitrogens with zero attached hydrogens (tertiary/aromatic N) is 1. The molecule has 0 fully saturated rings. The van der Waals surface area contributed by atoms with Crippen molar-refractivity contribution in [1.29, 1.82) is 0 Å². The SMILES string of the molecule is O=C(NCc1cccc(OCCc2ccccc2)c1)c1ccc2ncccc2c1. The Balaban J connectivity index is 1.33. The van der Waals surface area contributed by atoms with Crippen molar-refractivity contribution in [2.75, 3.05) is 6.61 Å². The average Bonchev–Trinajstić information content (AvgIpc) is 2.78. The molecule has 0 unspecified atom stereocenters. The van der Waals surface area contributed by atoms with Gasteiger partial charge in [-0.1, -0.05) is 48.5 Å². The summed E-state index contributed by atoms with van der Waals surface area (Å²) in [5.74, 6) is 0.704. The molecule has 29 heavy (non-hydrogen) atoms. The van der Waals surface area contributed by atoms with Gasteiger partial charge in [-0.15, -0.1) is 0 Å². The van der Waals surface area contributed by atoms with Gasteiger partial charge >= 0.3 is 0 Å². The van der Waals surface area contributed by atoms with Crippen LogP contribution in [0.15, 0.2) is 91.1 Å². The standard InChI is InChI=1S/C25H22N2O2/c28-25(22-11-12-24-21(17-22)9-5-14-26-24)27-18-20-8-4-10-23(16-20)29-15-13-19-6-2-1-3-7-19/h1-12,14,16-17H,13,15,18H2,(H,27,28). The number of pyridine rings is 1. The summed E-state index contributed by atoms with van der Waals surface area (Å²) in [6.07, 6.45) is 2.61. The molecule has 4 rings (SSSR count). The summed E-state index contributed by atoms with van der Waals surface area (Å²) in [7, 11) is 0. The average molecular weight is 382 g/mol. The van der Waals surface area contributed by atoms with E-state index in [1.807, 2.05) is 66.7 Å². The number of hydrogen-bond donors (Lipinski definition) is 1. The Labute approximate surface area is 170 Å². The zero-order chi connectivity index (χ0) is 19.9. The Morgan fingerprint density at radius 2 is 1.72 bits per heavy atom. The van der Waals surface area contributed by atoms with Crippen molar-refractivity contribution < 1.29 is 9.53 Å². The zero-order valence-corrected chi connectivity index (χ0v) is 16.0. The van der Waals surface area contributed by atoms with E-state index in [1.165, 1.54) is 5.56 Å². The van der Waals surface area contributed by atoms with Crippen molar-refractivity contribution in [3.8, 4) is 5.75 Å². The van der Waals surface area contributed by atoms with Gasteiger partial charge in [0, 0.05) is 30.1 Å². The van der Waals surface area contributed by atoms with E-state index in [0.717, 1.165) is 28.6 Å². The minimum absolute atomic E-state index is 0.105. The minimum atomic E-state index is -0.105.